The maximum atomic E-state index is 12.1. The summed E-state index contributed by atoms with van der Waals surface area (Å²) in [5, 5.41) is 0. The number of rotatable bonds is 4. The Kier molecular flexibility index (Phi) is 4.78. The van der Waals surface area contributed by atoms with Crippen LogP contribution in [0.4, 0.5) is 0 Å². The number of hydrogen-bond acceptors (Lipinski definition) is 3. The lowest BCUT2D eigenvalue weighted by molar-refractivity contribution is -0.140. The van der Waals surface area contributed by atoms with Gasteiger partial charge in [0.15, 0.2) is 0 Å². The number of piperidine rings is 1. The molecule has 2 fully saturated rings. The number of likely N-dealkylation sites (tertiary alicyclic amines) is 2. The summed E-state index contributed by atoms with van der Waals surface area (Å²) >= 11 is 0. The van der Waals surface area contributed by atoms with Crippen LogP contribution in [0, 0.1) is 11.8 Å². The maximum Gasteiger partial charge on any atom is 0.232 e. The van der Waals surface area contributed by atoms with Gasteiger partial charge < -0.3 is 4.90 Å². The van der Waals surface area contributed by atoms with Crippen molar-refractivity contribution in [1.82, 2.24) is 9.80 Å². The van der Waals surface area contributed by atoms with Crippen molar-refractivity contribution < 1.29 is 14.4 Å². The highest BCUT2D eigenvalue weighted by Crippen LogP contribution is 2.21. The fourth-order valence-electron chi connectivity index (χ4n) is 3.04. The van der Waals surface area contributed by atoms with E-state index in [1.165, 1.54) is 11.3 Å². The van der Waals surface area contributed by atoms with Crippen LogP contribution < -0.4 is 0 Å². The molecule has 0 bridgehead atoms. The van der Waals surface area contributed by atoms with E-state index in [0.717, 1.165) is 31.8 Å². The Labute approximate surface area is 120 Å². The van der Waals surface area contributed by atoms with Crippen molar-refractivity contribution in [2.24, 2.45) is 11.8 Å². The zero-order chi connectivity index (χ0) is 14.7. The molecule has 112 valence electrons. The van der Waals surface area contributed by atoms with Gasteiger partial charge in [0, 0.05) is 38.4 Å². The Morgan fingerprint density at radius 2 is 1.90 bits per heavy atom. The molecule has 0 aromatic carbocycles. The van der Waals surface area contributed by atoms with E-state index in [2.05, 4.69) is 6.92 Å². The van der Waals surface area contributed by atoms with Crippen LogP contribution in [-0.4, -0.2) is 47.2 Å². The maximum absolute atomic E-state index is 12.1. The van der Waals surface area contributed by atoms with Crippen LogP contribution in [0.3, 0.4) is 0 Å². The minimum Gasteiger partial charge on any atom is -0.343 e. The van der Waals surface area contributed by atoms with Gasteiger partial charge in [0.2, 0.25) is 17.7 Å². The van der Waals surface area contributed by atoms with Gasteiger partial charge in [-0.3, -0.25) is 19.3 Å². The summed E-state index contributed by atoms with van der Waals surface area (Å²) in [4.78, 5) is 38.7. The molecular formula is C15H24N2O3. The normalized spacial score (nSPS) is 24.6. The van der Waals surface area contributed by atoms with Crippen LogP contribution in [0.2, 0.25) is 0 Å². The van der Waals surface area contributed by atoms with Gasteiger partial charge in [-0.1, -0.05) is 20.3 Å². The molecule has 20 heavy (non-hydrogen) atoms. The summed E-state index contributed by atoms with van der Waals surface area (Å²) < 4.78 is 0. The van der Waals surface area contributed by atoms with Crippen molar-refractivity contribution in [3.05, 3.63) is 0 Å². The summed E-state index contributed by atoms with van der Waals surface area (Å²) in [5.41, 5.74) is 0. The predicted octanol–water partition coefficient (Wildman–Crippen LogP) is 1.42. The van der Waals surface area contributed by atoms with Crippen LogP contribution in [0.15, 0.2) is 0 Å². The highest BCUT2D eigenvalue weighted by molar-refractivity contribution is 6.03. The number of hydrogen-bond donors (Lipinski definition) is 0. The molecule has 0 aromatic heterocycles. The smallest absolute Gasteiger partial charge is 0.232 e. The Hall–Kier alpha value is -1.39. The molecule has 5 nitrogen and oxygen atoms in total. The number of amides is 3. The molecule has 2 heterocycles. The minimum atomic E-state index is -0.224. The van der Waals surface area contributed by atoms with Gasteiger partial charge in [-0.2, -0.15) is 0 Å². The first kappa shape index (κ1) is 15.0. The molecule has 1 atom stereocenters. The van der Waals surface area contributed by atoms with Crippen LogP contribution in [-0.2, 0) is 14.4 Å². The Morgan fingerprint density at radius 1 is 1.25 bits per heavy atom. The molecule has 1 unspecified atom stereocenters. The lowest BCUT2D eigenvalue weighted by Crippen LogP contribution is -2.40. The molecule has 0 saturated carbocycles. The molecule has 0 aliphatic carbocycles. The fraction of sp³-hybridized carbons (Fsp3) is 0.800. The molecule has 2 aliphatic heterocycles. The molecule has 0 aromatic rings. The van der Waals surface area contributed by atoms with Crippen LogP contribution in [0.5, 0.6) is 0 Å². The van der Waals surface area contributed by atoms with Crippen LogP contribution in [0.1, 0.15) is 46.0 Å². The van der Waals surface area contributed by atoms with E-state index in [1.807, 2.05) is 4.90 Å². The Morgan fingerprint density at radius 3 is 2.40 bits per heavy atom. The number of imide groups is 1. The second kappa shape index (κ2) is 6.37. The molecular weight excluding hydrogens is 256 g/mol. The molecule has 5 heteroatoms. The third-order valence-electron chi connectivity index (χ3n) is 4.56. The van der Waals surface area contributed by atoms with Crippen molar-refractivity contribution in [2.75, 3.05) is 19.6 Å². The number of nitrogens with zero attached hydrogens (tertiary/aromatic N) is 2. The SMILES string of the molecule is CCC1CCN(C(=O)CCN2C(=O)CC(C)C2=O)CC1. The minimum absolute atomic E-state index is 0.0692. The lowest BCUT2D eigenvalue weighted by Gasteiger charge is -2.32. The summed E-state index contributed by atoms with van der Waals surface area (Å²) in [6, 6.07) is 0. The molecule has 3 amide bonds. The zero-order valence-electron chi connectivity index (χ0n) is 12.4. The first-order valence-corrected chi connectivity index (χ1v) is 7.65. The van der Waals surface area contributed by atoms with Crippen molar-refractivity contribution in [2.45, 2.75) is 46.0 Å². The van der Waals surface area contributed by atoms with Gasteiger partial charge in [0.25, 0.3) is 0 Å². The second-order valence-electron chi connectivity index (χ2n) is 5.97. The largest absolute Gasteiger partial charge is 0.343 e. The van der Waals surface area contributed by atoms with Gasteiger partial charge in [0.1, 0.15) is 0 Å². The van der Waals surface area contributed by atoms with Crippen molar-refractivity contribution >= 4 is 17.7 Å². The molecule has 0 spiro atoms. The van der Waals surface area contributed by atoms with E-state index < -0.39 is 0 Å². The first-order chi connectivity index (χ1) is 9.52. The average Bonchev–Trinajstić information content (AvgIpc) is 2.70. The van der Waals surface area contributed by atoms with E-state index >= 15 is 0 Å². The Bertz CT molecular complexity index is 400. The van der Waals surface area contributed by atoms with Gasteiger partial charge in [-0.15, -0.1) is 0 Å². The van der Waals surface area contributed by atoms with Crippen LogP contribution >= 0.6 is 0 Å². The third kappa shape index (κ3) is 3.19. The number of carbonyl (C=O) groups excluding carboxylic acids is 3. The Balaban J connectivity index is 1.78. The van der Waals surface area contributed by atoms with E-state index in [9.17, 15) is 14.4 Å². The second-order valence-corrected chi connectivity index (χ2v) is 5.97. The molecule has 2 saturated heterocycles. The van der Waals surface area contributed by atoms with Crippen LogP contribution in [0.25, 0.3) is 0 Å². The summed E-state index contributed by atoms with van der Waals surface area (Å²) in [7, 11) is 0. The van der Waals surface area contributed by atoms with Crippen molar-refractivity contribution in [3.8, 4) is 0 Å². The molecule has 2 rings (SSSR count). The standard InChI is InChI=1S/C15H24N2O3/c1-3-12-4-7-16(8-5-12)13(18)6-9-17-14(19)10-11(2)15(17)20/h11-12H,3-10H2,1-2H3. The van der Waals surface area contributed by atoms with E-state index in [1.54, 1.807) is 6.92 Å². The highest BCUT2D eigenvalue weighted by Gasteiger charge is 2.35. The van der Waals surface area contributed by atoms with Crippen molar-refractivity contribution in [1.29, 1.82) is 0 Å². The highest BCUT2D eigenvalue weighted by atomic mass is 16.2. The van der Waals surface area contributed by atoms with Crippen molar-refractivity contribution in [3.63, 3.8) is 0 Å². The fourth-order valence-corrected chi connectivity index (χ4v) is 3.04. The lowest BCUT2D eigenvalue weighted by atomic mass is 9.94. The predicted molar refractivity (Wildman–Crippen MR) is 74.7 cm³/mol. The third-order valence-corrected chi connectivity index (χ3v) is 4.56. The average molecular weight is 280 g/mol. The summed E-state index contributed by atoms with van der Waals surface area (Å²) in [5.74, 6) is 0.312. The molecule has 2 aliphatic rings. The van der Waals surface area contributed by atoms with Gasteiger partial charge in [-0.05, 0) is 18.8 Å². The van der Waals surface area contributed by atoms with Gasteiger partial charge in [0.05, 0.1) is 0 Å². The summed E-state index contributed by atoms with van der Waals surface area (Å²) in [6.07, 6.45) is 3.87. The monoisotopic (exact) mass is 280 g/mol. The first-order valence-electron chi connectivity index (χ1n) is 7.65. The van der Waals surface area contributed by atoms with E-state index in [0.29, 0.717) is 0 Å². The number of carbonyl (C=O) groups is 3. The van der Waals surface area contributed by atoms with Gasteiger partial charge >= 0.3 is 0 Å². The summed E-state index contributed by atoms with van der Waals surface area (Å²) in [6.45, 7) is 5.82. The van der Waals surface area contributed by atoms with E-state index in [4.69, 9.17) is 0 Å². The molecule has 0 N–H and O–H groups in total. The van der Waals surface area contributed by atoms with E-state index in [-0.39, 0.29) is 43.0 Å². The van der Waals surface area contributed by atoms with Gasteiger partial charge in [-0.25, -0.2) is 0 Å². The topological polar surface area (TPSA) is 57.7 Å². The quantitative estimate of drug-likeness (QED) is 0.732. The zero-order valence-corrected chi connectivity index (χ0v) is 12.4. The molecule has 0 radical (unpaired) electrons.